The van der Waals surface area contributed by atoms with E-state index in [2.05, 4.69) is 48.1 Å². The normalized spacial score (nSPS) is 10.6. The topological polar surface area (TPSA) is 25.4 Å². The van der Waals surface area contributed by atoms with E-state index in [4.69, 9.17) is 0 Å². The molecule has 0 unspecified atom stereocenters. The lowest BCUT2D eigenvalue weighted by Crippen LogP contribution is -3.00. The fourth-order valence-electron chi connectivity index (χ4n) is 3.14. The molecule has 0 aliphatic carbocycles. The molecule has 0 radical (unpaired) electrons. The van der Waals surface area contributed by atoms with E-state index in [1.54, 1.807) is 0 Å². The third kappa shape index (κ3) is 3.22. The fraction of sp³-hybridized carbons (Fsp3) is 0.263. The molecule has 1 aromatic carbocycles. The number of carbonyl (C=O) groups is 1. The Morgan fingerprint density at radius 2 is 1.74 bits per heavy atom. The summed E-state index contributed by atoms with van der Waals surface area (Å²) in [5.41, 5.74) is 5.53. The smallest absolute Gasteiger partial charge is 0.227 e. The largest absolute Gasteiger partial charge is 1.00 e. The molecule has 2 aromatic heterocycles. The van der Waals surface area contributed by atoms with Crippen LogP contribution in [0.5, 0.6) is 0 Å². The highest BCUT2D eigenvalue weighted by atomic mass is 79.9. The SMILES string of the molecule is CCc1c2ccc(C)n2c(C)c[n+]1CC(=O)c1ccccc1.[Br-]. The van der Waals surface area contributed by atoms with Crippen LogP contribution in [0.15, 0.2) is 48.7 Å². The van der Waals surface area contributed by atoms with Gasteiger partial charge in [-0.2, -0.15) is 4.57 Å². The second kappa shape index (κ2) is 7.09. The molecule has 0 aliphatic heterocycles. The first-order valence-corrected chi connectivity index (χ1v) is 7.70. The van der Waals surface area contributed by atoms with Gasteiger partial charge in [-0.15, -0.1) is 0 Å². The first-order chi connectivity index (χ1) is 10.6. The van der Waals surface area contributed by atoms with E-state index in [0.717, 1.165) is 17.7 Å². The Kier molecular flexibility index (Phi) is 5.37. The van der Waals surface area contributed by atoms with Gasteiger partial charge in [-0.3, -0.25) is 4.79 Å². The Labute approximate surface area is 147 Å². The molecule has 0 bridgehead atoms. The predicted molar refractivity (Wildman–Crippen MR) is 87.2 cm³/mol. The van der Waals surface area contributed by atoms with Gasteiger partial charge in [0.2, 0.25) is 18.0 Å². The van der Waals surface area contributed by atoms with Crippen LogP contribution in [0.1, 0.15) is 34.4 Å². The second-order valence-corrected chi connectivity index (χ2v) is 5.68. The highest BCUT2D eigenvalue weighted by Gasteiger charge is 2.20. The summed E-state index contributed by atoms with van der Waals surface area (Å²) in [5, 5.41) is 0. The van der Waals surface area contributed by atoms with Crippen molar-refractivity contribution in [2.75, 3.05) is 0 Å². The number of rotatable bonds is 4. The van der Waals surface area contributed by atoms with E-state index in [1.807, 2.05) is 30.3 Å². The van der Waals surface area contributed by atoms with Crippen LogP contribution >= 0.6 is 0 Å². The van der Waals surface area contributed by atoms with Crippen LogP contribution in [-0.4, -0.2) is 10.2 Å². The minimum absolute atomic E-state index is 0. The molecule has 120 valence electrons. The summed E-state index contributed by atoms with van der Waals surface area (Å²) >= 11 is 0. The van der Waals surface area contributed by atoms with Crippen LogP contribution < -0.4 is 21.5 Å². The standard InChI is InChI=1S/C19H21N2O.BrH/c1-4-17-18-11-10-14(2)21(18)15(3)12-20(17)13-19(22)16-8-6-5-7-9-16;/h5-12H,4,13H2,1-3H3;1H/q+1;/p-1. The Bertz CT molecular complexity index is 837. The van der Waals surface area contributed by atoms with Crippen molar-refractivity contribution in [3.8, 4) is 0 Å². The maximum absolute atomic E-state index is 12.5. The number of hydrogen-bond donors (Lipinski definition) is 0. The minimum Gasteiger partial charge on any atom is -1.00 e. The number of halogens is 1. The van der Waals surface area contributed by atoms with Crippen molar-refractivity contribution in [2.24, 2.45) is 0 Å². The number of nitrogens with zero attached hydrogens (tertiary/aromatic N) is 2. The molecule has 0 N–H and O–H groups in total. The summed E-state index contributed by atoms with van der Waals surface area (Å²) in [5.74, 6) is 0.146. The molecule has 3 nitrogen and oxygen atoms in total. The van der Waals surface area contributed by atoms with Crippen LogP contribution in [-0.2, 0) is 13.0 Å². The average molecular weight is 373 g/mol. The van der Waals surface area contributed by atoms with Crippen molar-refractivity contribution in [3.63, 3.8) is 0 Å². The lowest BCUT2D eigenvalue weighted by atomic mass is 10.1. The number of aryl methyl sites for hydroxylation is 3. The summed E-state index contributed by atoms with van der Waals surface area (Å²) in [6.45, 7) is 6.72. The number of carbonyl (C=O) groups excluding carboxylic acids is 1. The third-order valence-electron chi connectivity index (χ3n) is 4.16. The van der Waals surface area contributed by atoms with Gasteiger partial charge in [0.1, 0.15) is 5.52 Å². The van der Waals surface area contributed by atoms with Crippen molar-refractivity contribution in [3.05, 3.63) is 71.3 Å². The van der Waals surface area contributed by atoms with Crippen molar-refractivity contribution in [2.45, 2.75) is 33.7 Å². The average Bonchev–Trinajstić information content (AvgIpc) is 2.91. The van der Waals surface area contributed by atoms with E-state index >= 15 is 0 Å². The maximum atomic E-state index is 12.5. The van der Waals surface area contributed by atoms with E-state index in [1.165, 1.54) is 16.9 Å². The summed E-state index contributed by atoms with van der Waals surface area (Å²) in [7, 11) is 0. The fourth-order valence-corrected chi connectivity index (χ4v) is 3.14. The molecule has 0 fully saturated rings. The molecule has 0 saturated carbocycles. The molecule has 23 heavy (non-hydrogen) atoms. The number of fused-ring (bicyclic) bond motifs is 1. The molecular formula is C19H21BrN2O. The first-order valence-electron chi connectivity index (χ1n) is 7.70. The molecule has 0 atom stereocenters. The van der Waals surface area contributed by atoms with Gasteiger partial charge in [0.05, 0.1) is 5.69 Å². The van der Waals surface area contributed by atoms with Gasteiger partial charge < -0.3 is 21.4 Å². The van der Waals surface area contributed by atoms with Gasteiger partial charge in [-0.05, 0) is 26.0 Å². The highest BCUT2D eigenvalue weighted by Crippen LogP contribution is 2.15. The van der Waals surface area contributed by atoms with Crippen molar-refractivity contribution >= 4 is 11.3 Å². The Morgan fingerprint density at radius 1 is 1.04 bits per heavy atom. The predicted octanol–water partition coefficient (Wildman–Crippen LogP) is 0.293. The zero-order chi connectivity index (χ0) is 15.7. The summed E-state index contributed by atoms with van der Waals surface area (Å²) in [6.07, 6.45) is 2.98. The van der Waals surface area contributed by atoms with E-state index < -0.39 is 0 Å². The zero-order valence-electron chi connectivity index (χ0n) is 13.7. The zero-order valence-corrected chi connectivity index (χ0v) is 15.3. The number of ketones is 1. The van der Waals surface area contributed by atoms with Gasteiger partial charge in [0.15, 0.2) is 6.20 Å². The number of benzene rings is 1. The summed E-state index contributed by atoms with van der Waals surface area (Å²) in [4.78, 5) is 12.5. The first kappa shape index (κ1) is 17.4. The summed E-state index contributed by atoms with van der Waals surface area (Å²) in [6, 6.07) is 13.8. The molecule has 0 amide bonds. The Morgan fingerprint density at radius 3 is 2.39 bits per heavy atom. The van der Waals surface area contributed by atoms with E-state index in [9.17, 15) is 4.79 Å². The van der Waals surface area contributed by atoms with Gasteiger partial charge in [-0.25, -0.2) is 0 Å². The Balaban J connectivity index is 0.00000192. The molecule has 4 heteroatoms. The van der Waals surface area contributed by atoms with Crippen molar-refractivity contribution < 1.29 is 26.3 Å². The second-order valence-electron chi connectivity index (χ2n) is 5.68. The Hall–Kier alpha value is -1.94. The van der Waals surface area contributed by atoms with E-state index in [-0.39, 0.29) is 22.8 Å². The van der Waals surface area contributed by atoms with Gasteiger partial charge in [0, 0.05) is 17.7 Å². The molecule has 0 saturated heterocycles. The molecular weight excluding hydrogens is 352 g/mol. The molecule has 3 aromatic rings. The number of hydrogen-bond acceptors (Lipinski definition) is 1. The van der Waals surface area contributed by atoms with Crippen molar-refractivity contribution in [1.82, 2.24) is 4.40 Å². The minimum atomic E-state index is 0. The molecule has 3 rings (SSSR count). The number of aromatic nitrogens is 2. The van der Waals surface area contributed by atoms with Crippen LogP contribution in [0.2, 0.25) is 0 Å². The van der Waals surface area contributed by atoms with E-state index in [0.29, 0.717) is 6.54 Å². The molecule has 0 spiro atoms. The highest BCUT2D eigenvalue weighted by molar-refractivity contribution is 5.95. The van der Waals surface area contributed by atoms with Crippen LogP contribution in [0.4, 0.5) is 0 Å². The third-order valence-corrected chi connectivity index (χ3v) is 4.16. The number of Topliss-reactive ketones (excluding diaryl/α,β-unsaturated/α-hetero) is 1. The lowest BCUT2D eigenvalue weighted by molar-refractivity contribution is -0.690. The van der Waals surface area contributed by atoms with Crippen LogP contribution in [0, 0.1) is 13.8 Å². The van der Waals surface area contributed by atoms with Crippen molar-refractivity contribution in [1.29, 1.82) is 0 Å². The van der Waals surface area contributed by atoms with Gasteiger partial charge >= 0.3 is 0 Å². The van der Waals surface area contributed by atoms with Crippen LogP contribution in [0.25, 0.3) is 5.52 Å². The molecule has 0 aliphatic rings. The monoisotopic (exact) mass is 372 g/mol. The molecule has 2 heterocycles. The maximum Gasteiger partial charge on any atom is 0.227 e. The van der Waals surface area contributed by atoms with Crippen LogP contribution in [0.3, 0.4) is 0 Å². The summed E-state index contributed by atoms with van der Waals surface area (Å²) < 4.78 is 4.35. The van der Waals surface area contributed by atoms with Gasteiger partial charge in [0.25, 0.3) is 0 Å². The quantitative estimate of drug-likeness (QED) is 0.477. The lowest BCUT2D eigenvalue weighted by Gasteiger charge is -2.08. The van der Waals surface area contributed by atoms with Gasteiger partial charge in [-0.1, -0.05) is 37.3 Å².